The summed E-state index contributed by atoms with van der Waals surface area (Å²) in [5, 5.41) is 14.9. The molecule has 10 heteroatoms. The van der Waals surface area contributed by atoms with Crippen molar-refractivity contribution in [1.29, 1.82) is 0 Å². The van der Waals surface area contributed by atoms with E-state index in [1.807, 2.05) is 12.1 Å². The molecule has 3 aromatic rings. The number of nitrogens with one attached hydrogen (secondary N) is 2. The van der Waals surface area contributed by atoms with Gasteiger partial charge in [-0.25, -0.2) is 0 Å². The molecule has 3 aromatic heterocycles. The molecule has 184 valence electrons. The van der Waals surface area contributed by atoms with Crippen LogP contribution in [-0.2, 0) is 6.42 Å². The molecule has 1 aliphatic heterocycles. The molecule has 4 N–H and O–H groups in total. The second kappa shape index (κ2) is 10.9. The third kappa shape index (κ3) is 6.05. The van der Waals surface area contributed by atoms with Crippen molar-refractivity contribution >= 4 is 17.6 Å². The molecule has 1 saturated heterocycles. The number of hydrogen-bond acceptors (Lipinski definition) is 9. The Morgan fingerprint density at radius 3 is 2.53 bits per heavy atom. The molecular weight excluding hydrogens is 432 g/mol. The molecule has 1 fully saturated rings. The third-order valence-corrected chi connectivity index (χ3v) is 6.04. The lowest BCUT2D eigenvalue weighted by Gasteiger charge is -2.26. The van der Waals surface area contributed by atoms with Gasteiger partial charge in [0.2, 0.25) is 11.8 Å². The zero-order chi connectivity index (χ0) is 24.1. The normalized spacial score (nSPS) is 14.8. The molecule has 0 bridgehead atoms. The summed E-state index contributed by atoms with van der Waals surface area (Å²) in [4.78, 5) is 11.3. The number of H-pyrrole nitrogens is 1. The number of aromatic nitrogens is 5. The number of rotatable bonds is 10. The molecular formula is C24H36N8O2. The Balaban J connectivity index is 1.59. The van der Waals surface area contributed by atoms with Crippen LogP contribution in [0.25, 0.3) is 0 Å². The van der Waals surface area contributed by atoms with E-state index in [-0.39, 0.29) is 11.9 Å². The summed E-state index contributed by atoms with van der Waals surface area (Å²) in [6, 6.07) is 3.93. The number of anilines is 3. The number of hydrogen-bond donors (Lipinski definition) is 3. The van der Waals surface area contributed by atoms with Crippen molar-refractivity contribution in [2.24, 2.45) is 0 Å². The van der Waals surface area contributed by atoms with Gasteiger partial charge >= 0.3 is 0 Å². The summed E-state index contributed by atoms with van der Waals surface area (Å²) in [5.41, 5.74) is 8.70. The van der Waals surface area contributed by atoms with Crippen molar-refractivity contribution in [3.63, 3.8) is 0 Å². The Labute approximate surface area is 200 Å². The molecule has 0 aliphatic carbocycles. The number of ether oxygens (including phenoxy) is 1. The zero-order valence-electron chi connectivity index (χ0n) is 20.6. The Bertz CT molecular complexity index is 1070. The van der Waals surface area contributed by atoms with E-state index in [9.17, 15) is 0 Å². The number of piperidine rings is 1. The predicted molar refractivity (Wildman–Crippen MR) is 132 cm³/mol. The first kappa shape index (κ1) is 24.0. The van der Waals surface area contributed by atoms with Crippen LogP contribution in [0.15, 0.2) is 16.7 Å². The van der Waals surface area contributed by atoms with Crippen LogP contribution in [0, 0.1) is 0 Å². The number of nitrogens with zero attached hydrogens (tertiary/aromatic N) is 5. The highest BCUT2D eigenvalue weighted by Crippen LogP contribution is 2.30. The summed E-state index contributed by atoms with van der Waals surface area (Å²) in [7, 11) is 0. The molecule has 10 nitrogen and oxygen atoms in total. The van der Waals surface area contributed by atoms with Gasteiger partial charge in [0.25, 0.3) is 0 Å². The lowest BCUT2D eigenvalue weighted by molar-refractivity contribution is 0.180. The Hall–Kier alpha value is -3.14. The van der Waals surface area contributed by atoms with Gasteiger partial charge in [-0.05, 0) is 37.8 Å². The Morgan fingerprint density at radius 1 is 1.09 bits per heavy atom. The van der Waals surface area contributed by atoms with Crippen LogP contribution < -0.4 is 15.8 Å². The molecule has 34 heavy (non-hydrogen) atoms. The van der Waals surface area contributed by atoms with Gasteiger partial charge in [-0.15, -0.1) is 0 Å². The number of nitrogens with two attached hydrogens (primary N) is 1. The fraction of sp³-hybridized carbons (Fsp3) is 0.583. The van der Waals surface area contributed by atoms with Gasteiger partial charge in [0, 0.05) is 25.1 Å². The second-order valence-electron chi connectivity index (χ2n) is 9.50. The molecule has 0 aromatic carbocycles. The first-order valence-corrected chi connectivity index (χ1v) is 12.2. The van der Waals surface area contributed by atoms with Gasteiger partial charge in [0.15, 0.2) is 0 Å². The lowest BCUT2D eigenvalue weighted by Crippen LogP contribution is -2.33. The fourth-order valence-electron chi connectivity index (χ4n) is 4.00. The standard InChI is InChI=1S/C24H36N8O2/c1-15(2)19-14-21(30-29-19)26-22-18(12-17-13-20(16(3)4)31-34-17)23(28-24(25)27-22)33-11-10-32-8-6-5-7-9-32/h13-16H,5-12H2,1-4H3,(H4,25,26,27,28,29,30). The van der Waals surface area contributed by atoms with Crippen molar-refractivity contribution in [2.45, 2.75) is 65.2 Å². The monoisotopic (exact) mass is 468 g/mol. The third-order valence-electron chi connectivity index (χ3n) is 6.04. The van der Waals surface area contributed by atoms with Gasteiger partial charge in [-0.3, -0.25) is 10.00 Å². The largest absolute Gasteiger partial charge is 0.476 e. The second-order valence-corrected chi connectivity index (χ2v) is 9.50. The summed E-state index contributed by atoms with van der Waals surface area (Å²) in [6.45, 7) is 12.0. The van der Waals surface area contributed by atoms with Crippen LogP contribution in [0.3, 0.4) is 0 Å². The molecule has 4 heterocycles. The van der Waals surface area contributed by atoms with Crippen molar-refractivity contribution in [3.05, 3.63) is 34.8 Å². The first-order valence-electron chi connectivity index (χ1n) is 12.2. The minimum atomic E-state index is 0.142. The van der Waals surface area contributed by atoms with Crippen molar-refractivity contribution in [1.82, 2.24) is 30.2 Å². The average molecular weight is 469 g/mol. The van der Waals surface area contributed by atoms with Crippen molar-refractivity contribution < 1.29 is 9.26 Å². The van der Waals surface area contributed by atoms with Crippen LogP contribution in [-0.4, -0.2) is 56.5 Å². The molecule has 0 saturated carbocycles. The summed E-state index contributed by atoms with van der Waals surface area (Å²) < 4.78 is 11.8. The Kier molecular flexibility index (Phi) is 7.66. The van der Waals surface area contributed by atoms with E-state index in [2.05, 4.69) is 63.2 Å². The van der Waals surface area contributed by atoms with Gasteiger partial charge < -0.3 is 20.3 Å². The maximum Gasteiger partial charge on any atom is 0.225 e. The molecule has 0 amide bonds. The van der Waals surface area contributed by atoms with Gasteiger partial charge in [-0.1, -0.05) is 39.3 Å². The minimum Gasteiger partial charge on any atom is -0.476 e. The van der Waals surface area contributed by atoms with Crippen LogP contribution in [0.4, 0.5) is 17.6 Å². The van der Waals surface area contributed by atoms with Gasteiger partial charge in [0.1, 0.15) is 24.0 Å². The van der Waals surface area contributed by atoms with E-state index in [1.54, 1.807) is 0 Å². The Morgan fingerprint density at radius 2 is 1.85 bits per heavy atom. The van der Waals surface area contributed by atoms with Crippen LogP contribution in [0.1, 0.15) is 81.5 Å². The zero-order valence-corrected chi connectivity index (χ0v) is 20.6. The molecule has 1 aliphatic rings. The van der Waals surface area contributed by atoms with E-state index in [0.717, 1.165) is 42.4 Å². The maximum absolute atomic E-state index is 6.17. The highest BCUT2D eigenvalue weighted by Gasteiger charge is 2.20. The topological polar surface area (TPSA) is 131 Å². The van der Waals surface area contributed by atoms with Gasteiger partial charge in [-0.2, -0.15) is 15.1 Å². The van der Waals surface area contributed by atoms with Crippen LogP contribution >= 0.6 is 0 Å². The van der Waals surface area contributed by atoms with E-state index < -0.39 is 0 Å². The molecule has 0 spiro atoms. The quantitative estimate of drug-likeness (QED) is 0.400. The van der Waals surface area contributed by atoms with E-state index in [4.69, 9.17) is 15.0 Å². The highest BCUT2D eigenvalue weighted by molar-refractivity contribution is 5.61. The molecule has 0 radical (unpaired) electrons. The van der Waals surface area contributed by atoms with E-state index in [0.29, 0.717) is 36.4 Å². The summed E-state index contributed by atoms with van der Waals surface area (Å²) in [5.74, 6) is 3.18. The average Bonchev–Trinajstić information content (AvgIpc) is 3.47. The number of aromatic amines is 1. The summed E-state index contributed by atoms with van der Waals surface area (Å²) in [6.07, 6.45) is 4.21. The van der Waals surface area contributed by atoms with Crippen molar-refractivity contribution in [2.75, 3.05) is 37.3 Å². The molecule has 0 atom stereocenters. The fourth-order valence-corrected chi connectivity index (χ4v) is 4.00. The maximum atomic E-state index is 6.17. The first-order chi connectivity index (χ1) is 16.4. The van der Waals surface area contributed by atoms with Crippen LogP contribution in [0.5, 0.6) is 5.88 Å². The van der Waals surface area contributed by atoms with Crippen LogP contribution in [0.2, 0.25) is 0 Å². The minimum absolute atomic E-state index is 0.142. The molecule has 4 rings (SSSR count). The lowest BCUT2D eigenvalue weighted by atomic mass is 10.1. The highest BCUT2D eigenvalue weighted by atomic mass is 16.5. The van der Waals surface area contributed by atoms with E-state index >= 15 is 0 Å². The van der Waals surface area contributed by atoms with Gasteiger partial charge in [0.05, 0.1) is 17.0 Å². The number of nitrogen functional groups attached to an aromatic ring is 1. The smallest absolute Gasteiger partial charge is 0.225 e. The number of likely N-dealkylation sites (tertiary alicyclic amines) is 1. The van der Waals surface area contributed by atoms with E-state index in [1.165, 1.54) is 19.3 Å². The molecule has 0 unspecified atom stereocenters. The van der Waals surface area contributed by atoms with Crippen molar-refractivity contribution in [3.8, 4) is 5.88 Å². The summed E-state index contributed by atoms with van der Waals surface area (Å²) >= 11 is 0. The predicted octanol–water partition coefficient (Wildman–Crippen LogP) is 4.22. The SMILES string of the molecule is CC(C)c1cc(Nc2nc(N)nc(OCCN3CCCCC3)c2Cc2cc(C(C)C)no2)[nH]n1.